The van der Waals surface area contributed by atoms with Gasteiger partial charge in [0.05, 0.1) is 0 Å². The Labute approximate surface area is 63.8 Å². The van der Waals surface area contributed by atoms with Gasteiger partial charge < -0.3 is 0 Å². The van der Waals surface area contributed by atoms with Crippen LogP contribution in [0.5, 0.6) is 0 Å². The van der Waals surface area contributed by atoms with Crippen LogP contribution >= 0.6 is 0 Å². The number of aryl methyl sites for hydroxylation is 1. The van der Waals surface area contributed by atoms with Crippen molar-refractivity contribution < 1.29 is 8.78 Å². The van der Waals surface area contributed by atoms with Gasteiger partial charge in [0.1, 0.15) is 5.69 Å². The second-order valence-electron chi connectivity index (χ2n) is 2.26. The Morgan fingerprint density at radius 2 is 2.36 bits per heavy atom. The lowest BCUT2D eigenvalue weighted by Crippen LogP contribution is -1.92. The topological polar surface area (TPSA) is 17.8 Å². The fourth-order valence-corrected chi connectivity index (χ4v) is 0.931. The van der Waals surface area contributed by atoms with E-state index < -0.39 is 6.43 Å². The first-order chi connectivity index (χ1) is 5.15. The summed E-state index contributed by atoms with van der Waals surface area (Å²) in [6.45, 7) is 3.53. The Hall–Kier alpha value is -0.930. The number of alkyl halides is 2. The number of halogens is 2. The van der Waals surface area contributed by atoms with Gasteiger partial charge >= 0.3 is 0 Å². The van der Waals surface area contributed by atoms with E-state index in [-0.39, 0.29) is 5.69 Å². The van der Waals surface area contributed by atoms with Gasteiger partial charge in [-0.1, -0.05) is 0 Å². The third-order valence-corrected chi connectivity index (χ3v) is 1.41. The summed E-state index contributed by atoms with van der Waals surface area (Å²) in [5.74, 6) is 0. The summed E-state index contributed by atoms with van der Waals surface area (Å²) in [6, 6.07) is 0. The van der Waals surface area contributed by atoms with Crippen LogP contribution in [0.2, 0.25) is 0 Å². The van der Waals surface area contributed by atoms with Crippen LogP contribution in [-0.2, 0) is 13.5 Å². The third kappa shape index (κ3) is 1.56. The molecule has 4 heteroatoms. The highest BCUT2D eigenvalue weighted by Gasteiger charge is 2.15. The fourth-order valence-electron chi connectivity index (χ4n) is 0.931. The zero-order valence-electron chi connectivity index (χ0n) is 6.22. The fraction of sp³-hybridized carbons (Fsp3) is 0.429. The van der Waals surface area contributed by atoms with Gasteiger partial charge in [0.2, 0.25) is 0 Å². The van der Waals surface area contributed by atoms with Crippen molar-refractivity contribution in [3.8, 4) is 0 Å². The molecular formula is C7H9F2N2. The van der Waals surface area contributed by atoms with Gasteiger partial charge in [-0.05, 0) is 18.9 Å². The van der Waals surface area contributed by atoms with E-state index in [9.17, 15) is 8.78 Å². The van der Waals surface area contributed by atoms with E-state index in [4.69, 9.17) is 0 Å². The highest BCUT2D eigenvalue weighted by Crippen LogP contribution is 2.20. The summed E-state index contributed by atoms with van der Waals surface area (Å²) in [5.41, 5.74) is 0.366. The maximum absolute atomic E-state index is 12.1. The van der Waals surface area contributed by atoms with Crippen molar-refractivity contribution in [2.24, 2.45) is 7.05 Å². The number of nitrogens with zero attached hydrogens (tertiary/aromatic N) is 2. The normalized spacial score (nSPS) is 11.0. The van der Waals surface area contributed by atoms with E-state index in [0.717, 1.165) is 0 Å². The molecule has 1 aromatic rings. The van der Waals surface area contributed by atoms with E-state index in [0.29, 0.717) is 12.0 Å². The zero-order chi connectivity index (χ0) is 8.43. The average Bonchev–Trinajstić information content (AvgIpc) is 2.30. The molecule has 0 aliphatic rings. The molecular weight excluding hydrogens is 150 g/mol. The Morgan fingerprint density at radius 3 is 2.73 bits per heavy atom. The van der Waals surface area contributed by atoms with Gasteiger partial charge in [0.25, 0.3) is 6.43 Å². The lowest BCUT2D eigenvalue weighted by Gasteiger charge is -1.94. The first-order valence-corrected chi connectivity index (χ1v) is 3.25. The molecule has 0 aliphatic heterocycles. The Kier molecular flexibility index (Phi) is 2.22. The van der Waals surface area contributed by atoms with Gasteiger partial charge in [-0.2, -0.15) is 5.10 Å². The highest BCUT2D eigenvalue weighted by molar-refractivity contribution is 5.18. The second-order valence-corrected chi connectivity index (χ2v) is 2.26. The molecule has 0 fully saturated rings. The minimum Gasteiger partial charge on any atom is -0.275 e. The molecule has 2 nitrogen and oxygen atoms in total. The predicted octanol–water partition coefficient (Wildman–Crippen LogP) is 1.73. The van der Waals surface area contributed by atoms with Crippen molar-refractivity contribution in [2.45, 2.75) is 12.8 Å². The van der Waals surface area contributed by atoms with Crippen LogP contribution < -0.4 is 0 Å². The van der Waals surface area contributed by atoms with Crippen LogP contribution in [0.25, 0.3) is 0 Å². The lowest BCUT2D eigenvalue weighted by atomic mass is 10.2. The molecule has 11 heavy (non-hydrogen) atoms. The van der Waals surface area contributed by atoms with Crippen LogP contribution in [0, 0.1) is 6.92 Å². The van der Waals surface area contributed by atoms with Crippen molar-refractivity contribution in [2.75, 3.05) is 0 Å². The molecule has 61 valence electrons. The molecule has 0 aromatic carbocycles. The van der Waals surface area contributed by atoms with Gasteiger partial charge in [0.15, 0.2) is 0 Å². The van der Waals surface area contributed by atoms with E-state index in [1.54, 1.807) is 13.2 Å². The van der Waals surface area contributed by atoms with Crippen molar-refractivity contribution in [1.29, 1.82) is 0 Å². The van der Waals surface area contributed by atoms with Crippen LogP contribution in [0.3, 0.4) is 0 Å². The summed E-state index contributed by atoms with van der Waals surface area (Å²) in [4.78, 5) is 0. The molecule has 0 atom stereocenters. The molecule has 0 spiro atoms. The summed E-state index contributed by atoms with van der Waals surface area (Å²) < 4.78 is 25.6. The molecule has 1 rings (SSSR count). The standard InChI is InChI=1S/C7H9F2N2/c1-3-5-4-11(2)10-6(5)7(8)9/h4,7H,1,3H2,2H3. The first kappa shape index (κ1) is 8.17. The van der Waals surface area contributed by atoms with Crippen molar-refractivity contribution in [3.63, 3.8) is 0 Å². The summed E-state index contributed by atoms with van der Waals surface area (Å²) in [6.07, 6.45) is -0.574. The van der Waals surface area contributed by atoms with Crippen molar-refractivity contribution in [3.05, 3.63) is 24.4 Å². The predicted molar refractivity (Wildman–Crippen MR) is 37.2 cm³/mol. The van der Waals surface area contributed by atoms with Gasteiger partial charge in [-0.15, -0.1) is 0 Å². The van der Waals surface area contributed by atoms with E-state index in [1.165, 1.54) is 4.68 Å². The van der Waals surface area contributed by atoms with E-state index in [2.05, 4.69) is 12.0 Å². The van der Waals surface area contributed by atoms with Crippen LogP contribution in [0.4, 0.5) is 8.78 Å². The van der Waals surface area contributed by atoms with E-state index in [1.807, 2.05) is 0 Å². The van der Waals surface area contributed by atoms with Gasteiger partial charge in [-0.25, -0.2) is 8.78 Å². The van der Waals surface area contributed by atoms with E-state index >= 15 is 0 Å². The molecule has 0 bridgehead atoms. The molecule has 0 saturated heterocycles. The molecule has 1 heterocycles. The summed E-state index contributed by atoms with van der Waals surface area (Å²) in [7, 11) is 1.62. The van der Waals surface area contributed by atoms with Crippen molar-refractivity contribution >= 4 is 0 Å². The monoisotopic (exact) mass is 159 g/mol. The first-order valence-electron chi connectivity index (χ1n) is 3.25. The number of aromatic nitrogens is 2. The molecule has 0 N–H and O–H groups in total. The molecule has 0 saturated carbocycles. The summed E-state index contributed by atoms with van der Waals surface area (Å²) in [5, 5.41) is 3.61. The minimum absolute atomic E-state index is 0.150. The highest BCUT2D eigenvalue weighted by atomic mass is 19.3. The average molecular weight is 159 g/mol. The van der Waals surface area contributed by atoms with Gasteiger partial charge in [0, 0.05) is 13.2 Å². The largest absolute Gasteiger partial charge is 0.282 e. The molecule has 0 aliphatic carbocycles. The second kappa shape index (κ2) is 2.98. The van der Waals surface area contributed by atoms with Crippen LogP contribution in [-0.4, -0.2) is 9.78 Å². The molecule has 1 radical (unpaired) electrons. The molecule has 0 amide bonds. The van der Waals surface area contributed by atoms with Crippen LogP contribution in [0.15, 0.2) is 6.20 Å². The van der Waals surface area contributed by atoms with Gasteiger partial charge in [-0.3, -0.25) is 4.68 Å². The Balaban J connectivity index is 3.02. The number of hydrogen-bond acceptors (Lipinski definition) is 1. The maximum Gasteiger partial charge on any atom is 0.282 e. The molecule has 1 aromatic heterocycles. The number of rotatable bonds is 2. The SMILES string of the molecule is [CH2]Cc1cn(C)nc1C(F)F. The number of hydrogen-bond donors (Lipinski definition) is 0. The third-order valence-electron chi connectivity index (χ3n) is 1.41. The Morgan fingerprint density at radius 1 is 1.73 bits per heavy atom. The van der Waals surface area contributed by atoms with Crippen LogP contribution in [0.1, 0.15) is 17.7 Å². The Bertz CT molecular complexity index is 243. The quantitative estimate of drug-likeness (QED) is 0.642. The smallest absolute Gasteiger partial charge is 0.275 e. The molecule has 0 unspecified atom stereocenters. The minimum atomic E-state index is -2.49. The zero-order valence-corrected chi connectivity index (χ0v) is 6.22. The van der Waals surface area contributed by atoms with Crippen molar-refractivity contribution in [1.82, 2.24) is 9.78 Å². The maximum atomic E-state index is 12.1. The lowest BCUT2D eigenvalue weighted by molar-refractivity contribution is 0.144. The summed E-state index contributed by atoms with van der Waals surface area (Å²) >= 11 is 0.